The van der Waals surface area contributed by atoms with Gasteiger partial charge in [0.05, 0.1) is 9.92 Å². The minimum Gasteiger partial charge on any atom is -0.476 e. The maximum absolute atomic E-state index is 13.6. The lowest BCUT2D eigenvalue weighted by atomic mass is 9.96. The fraction of sp³-hybridized carbons (Fsp3) is 0.478. The standard InChI is InChI=1S/C23H26ClF2N3O4S/c1-23(2,33-20-11-19(26)18(25)10-17(20)24)22(30)28-13-8-14-4-5-15(9-13)29(14)21-7-6-16(12-27-21)34(3,31)32/h6-7,10-15H,4-5,8-9H2,1-3H3,(H,28,30). The second-order valence-electron chi connectivity index (χ2n) is 9.37. The molecule has 1 N–H and O–H groups in total. The third-order valence-electron chi connectivity index (χ3n) is 6.37. The number of piperidine rings is 1. The Labute approximate surface area is 202 Å². The fourth-order valence-electron chi connectivity index (χ4n) is 4.68. The van der Waals surface area contributed by atoms with E-state index in [4.69, 9.17) is 16.3 Å². The van der Waals surface area contributed by atoms with Crippen LogP contribution < -0.4 is 15.0 Å². The molecule has 2 unspecified atom stereocenters. The molecule has 0 radical (unpaired) electrons. The van der Waals surface area contributed by atoms with Gasteiger partial charge >= 0.3 is 0 Å². The summed E-state index contributed by atoms with van der Waals surface area (Å²) in [6.07, 6.45) is 5.79. The number of benzene rings is 1. The number of nitrogens with one attached hydrogen (secondary N) is 1. The number of fused-ring (bicyclic) bond motifs is 2. The zero-order chi connectivity index (χ0) is 24.8. The van der Waals surface area contributed by atoms with Crippen LogP contribution in [0, 0.1) is 11.6 Å². The number of pyridine rings is 1. The Morgan fingerprint density at radius 1 is 1.18 bits per heavy atom. The molecule has 1 amide bonds. The Bertz CT molecular complexity index is 1190. The number of rotatable bonds is 6. The van der Waals surface area contributed by atoms with Crippen molar-refractivity contribution in [1.82, 2.24) is 10.3 Å². The molecular weight excluding hydrogens is 488 g/mol. The first kappa shape index (κ1) is 24.7. The van der Waals surface area contributed by atoms with Crippen molar-refractivity contribution in [1.29, 1.82) is 0 Å². The van der Waals surface area contributed by atoms with Gasteiger partial charge in [0.25, 0.3) is 5.91 Å². The summed E-state index contributed by atoms with van der Waals surface area (Å²) in [5.74, 6) is -1.98. The summed E-state index contributed by atoms with van der Waals surface area (Å²) in [5, 5.41) is 2.90. The van der Waals surface area contributed by atoms with E-state index < -0.39 is 27.1 Å². The molecule has 2 aliphatic heterocycles. The van der Waals surface area contributed by atoms with Gasteiger partial charge in [0.2, 0.25) is 0 Å². The van der Waals surface area contributed by atoms with Crippen molar-refractivity contribution in [2.45, 2.75) is 68.2 Å². The lowest BCUT2D eigenvalue weighted by Gasteiger charge is -2.40. The molecule has 1 aromatic carbocycles. The topological polar surface area (TPSA) is 88.6 Å². The van der Waals surface area contributed by atoms with Crippen molar-refractivity contribution in [2.24, 2.45) is 0 Å². The fourth-order valence-corrected chi connectivity index (χ4v) is 5.42. The first-order valence-corrected chi connectivity index (χ1v) is 13.2. The van der Waals surface area contributed by atoms with Gasteiger partial charge in [0.15, 0.2) is 27.1 Å². The molecule has 1 aromatic heterocycles. The lowest BCUT2D eigenvalue weighted by molar-refractivity contribution is -0.135. The van der Waals surface area contributed by atoms with Gasteiger partial charge in [0, 0.05) is 36.6 Å². The van der Waals surface area contributed by atoms with Crippen LogP contribution >= 0.6 is 11.6 Å². The van der Waals surface area contributed by atoms with E-state index in [1.165, 1.54) is 20.0 Å². The molecule has 7 nitrogen and oxygen atoms in total. The van der Waals surface area contributed by atoms with Gasteiger partial charge in [-0.25, -0.2) is 22.2 Å². The summed E-state index contributed by atoms with van der Waals surface area (Å²) in [6.45, 7) is 3.08. The van der Waals surface area contributed by atoms with Crippen LogP contribution in [-0.2, 0) is 14.6 Å². The monoisotopic (exact) mass is 513 g/mol. The summed E-state index contributed by atoms with van der Waals surface area (Å²) in [6, 6.07) is 5.14. The van der Waals surface area contributed by atoms with Gasteiger partial charge in [-0.1, -0.05) is 11.6 Å². The highest BCUT2D eigenvalue weighted by molar-refractivity contribution is 7.90. The predicted octanol–water partition coefficient (Wildman–Crippen LogP) is 3.89. The Kier molecular flexibility index (Phi) is 6.50. The van der Waals surface area contributed by atoms with Gasteiger partial charge in [-0.05, 0) is 57.7 Å². The van der Waals surface area contributed by atoms with E-state index in [0.29, 0.717) is 12.8 Å². The van der Waals surface area contributed by atoms with Crippen LogP contribution in [0.3, 0.4) is 0 Å². The van der Waals surface area contributed by atoms with Crippen molar-refractivity contribution < 1.29 is 26.7 Å². The van der Waals surface area contributed by atoms with Gasteiger partial charge in [-0.2, -0.15) is 0 Å². The van der Waals surface area contributed by atoms with Crippen molar-refractivity contribution in [3.05, 3.63) is 47.1 Å². The minimum absolute atomic E-state index is 0.0974. The molecule has 2 aromatic rings. The Morgan fingerprint density at radius 2 is 1.79 bits per heavy atom. The van der Waals surface area contributed by atoms with E-state index in [1.807, 2.05) is 0 Å². The molecule has 2 aliphatic rings. The highest BCUT2D eigenvalue weighted by atomic mass is 35.5. The molecule has 0 spiro atoms. The number of ether oxygens (including phenoxy) is 1. The van der Waals surface area contributed by atoms with Crippen LogP contribution in [0.4, 0.5) is 14.6 Å². The molecule has 0 aliphatic carbocycles. The zero-order valence-electron chi connectivity index (χ0n) is 19.0. The van der Waals surface area contributed by atoms with E-state index in [2.05, 4.69) is 15.2 Å². The van der Waals surface area contributed by atoms with Gasteiger partial charge in [-0.3, -0.25) is 4.79 Å². The van der Waals surface area contributed by atoms with Crippen LogP contribution in [0.1, 0.15) is 39.5 Å². The molecule has 0 saturated carbocycles. The van der Waals surface area contributed by atoms with E-state index in [0.717, 1.165) is 37.0 Å². The maximum atomic E-state index is 13.6. The average Bonchev–Trinajstić information content (AvgIpc) is 3.01. The number of carbonyl (C=O) groups excluding carboxylic acids is 1. The molecule has 184 valence electrons. The van der Waals surface area contributed by atoms with Crippen LogP contribution in [0.15, 0.2) is 35.4 Å². The number of nitrogens with zero attached hydrogens (tertiary/aromatic N) is 2. The zero-order valence-corrected chi connectivity index (χ0v) is 20.6. The summed E-state index contributed by atoms with van der Waals surface area (Å²) in [5.41, 5.74) is -1.37. The second kappa shape index (κ2) is 8.96. The van der Waals surface area contributed by atoms with Crippen molar-refractivity contribution >= 4 is 33.2 Å². The highest BCUT2D eigenvalue weighted by Gasteiger charge is 2.43. The summed E-state index contributed by atoms with van der Waals surface area (Å²) in [4.78, 5) is 19.7. The summed E-state index contributed by atoms with van der Waals surface area (Å²) >= 11 is 5.95. The molecule has 4 rings (SSSR count). The lowest BCUT2D eigenvalue weighted by Crippen LogP contribution is -2.55. The highest BCUT2D eigenvalue weighted by Crippen LogP contribution is 2.39. The summed E-state index contributed by atoms with van der Waals surface area (Å²) < 4.78 is 56.0. The van der Waals surface area contributed by atoms with Crippen LogP contribution in [0.5, 0.6) is 5.75 Å². The molecule has 11 heteroatoms. The van der Waals surface area contributed by atoms with Crippen molar-refractivity contribution in [3.63, 3.8) is 0 Å². The Morgan fingerprint density at radius 3 is 2.35 bits per heavy atom. The maximum Gasteiger partial charge on any atom is 0.263 e. The molecule has 2 bridgehead atoms. The number of halogens is 3. The predicted molar refractivity (Wildman–Crippen MR) is 124 cm³/mol. The Hall–Kier alpha value is -2.46. The SMILES string of the molecule is CC(C)(Oc1cc(F)c(F)cc1Cl)C(=O)NC1CC2CCC(C1)N2c1ccc(S(C)(=O)=O)cn1. The second-order valence-corrected chi connectivity index (χ2v) is 11.8. The van der Waals surface area contributed by atoms with Crippen molar-refractivity contribution in [3.8, 4) is 5.75 Å². The average molecular weight is 514 g/mol. The molecule has 2 saturated heterocycles. The number of carbonyl (C=O) groups is 1. The molecule has 3 heterocycles. The van der Waals surface area contributed by atoms with Crippen LogP contribution in [0.25, 0.3) is 0 Å². The number of hydrogen-bond donors (Lipinski definition) is 1. The third kappa shape index (κ3) is 4.98. The Balaban J connectivity index is 1.42. The van der Waals surface area contributed by atoms with E-state index in [-0.39, 0.29) is 39.7 Å². The largest absolute Gasteiger partial charge is 0.476 e. The molecule has 34 heavy (non-hydrogen) atoms. The number of anilines is 1. The first-order chi connectivity index (χ1) is 15.8. The quantitative estimate of drug-likeness (QED) is 0.590. The molecule has 2 atom stereocenters. The summed E-state index contributed by atoms with van der Waals surface area (Å²) in [7, 11) is -3.32. The smallest absolute Gasteiger partial charge is 0.263 e. The van der Waals surface area contributed by atoms with E-state index in [1.54, 1.807) is 12.1 Å². The normalized spacial score (nSPS) is 22.5. The van der Waals surface area contributed by atoms with Crippen LogP contribution in [0.2, 0.25) is 5.02 Å². The van der Waals surface area contributed by atoms with Crippen molar-refractivity contribution in [2.75, 3.05) is 11.2 Å². The number of aromatic nitrogens is 1. The van der Waals surface area contributed by atoms with Gasteiger partial charge in [-0.15, -0.1) is 0 Å². The third-order valence-corrected chi connectivity index (χ3v) is 7.76. The first-order valence-electron chi connectivity index (χ1n) is 10.9. The number of amides is 1. The molecule has 2 fully saturated rings. The minimum atomic E-state index is -3.32. The van der Waals surface area contributed by atoms with E-state index >= 15 is 0 Å². The number of hydrogen-bond acceptors (Lipinski definition) is 6. The van der Waals surface area contributed by atoms with Gasteiger partial charge in [0.1, 0.15) is 11.6 Å². The number of sulfone groups is 1. The van der Waals surface area contributed by atoms with E-state index in [9.17, 15) is 22.0 Å². The van der Waals surface area contributed by atoms with Gasteiger partial charge < -0.3 is 15.0 Å². The van der Waals surface area contributed by atoms with Crippen LogP contribution in [-0.4, -0.2) is 49.3 Å². The molecular formula is C23H26ClF2N3O4S.